The van der Waals surface area contributed by atoms with Crippen LogP contribution in [0, 0.1) is 0 Å². The van der Waals surface area contributed by atoms with E-state index in [4.69, 9.17) is 4.74 Å². The molecule has 1 fully saturated rings. The van der Waals surface area contributed by atoms with Crippen LogP contribution in [-0.2, 0) is 14.3 Å². The summed E-state index contributed by atoms with van der Waals surface area (Å²) >= 11 is 0. The average molecular weight is 234 g/mol. The number of methoxy groups -OCH3 is 1. The second kappa shape index (κ2) is 5.82. The highest BCUT2D eigenvalue weighted by atomic mass is 16.5. The zero-order valence-corrected chi connectivity index (χ0v) is 10.1. The minimum Gasteiger partial charge on any atom is -0.469 e. The molecule has 0 spiro atoms. The van der Waals surface area contributed by atoms with Crippen LogP contribution in [0.5, 0.6) is 0 Å². The van der Waals surface area contributed by atoms with Crippen LogP contribution in [0.2, 0.25) is 0 Å². The summed E-state index contributed by atoms with van der Waals surface area (Å²) in [6, 6.07) is 10.2. The fourth-order valence-corrected chi connectivity index (χ4v) is 2.23. The summed E-state index contributed by atoms with van der Waals surface area (Å²) in [5.74, 6) is -0.191. The Morgan fingerprint density at radius 3 is 2.82 bits per heavy atom. The number of hydrogen-bond donors (Lipinski definition) is 0. The topological polar surface area (TPSA) is 35.5 Å². The number of rotatable bonds is 3. The highest BCUT2D eigenvalue weighted by Gasteiger charge is 2.25. The highest BCUT2D eigenvalue weighted by Crippen LogP contribution is 2.32. The lowest BCUT2D eigenvalue weighted by atomic mass is 9.97. The molecule has 0 amide bonds. The number of benzene rings is 1. The molecule has 92 valence electrons. The third-order valence-electron chi connectivity index (χ3n) is 3.14. The SMILES string of the molecule is COC(=O)C[C@H]1CCCC(c2ccccc2)O1. The number of carbonyl (C=O) groups excluding carboxylic acids is 1. The van der Waals surface area contributed by atoms with E-state index in [0.717, 1.165) is 19.3 Å². The molecule has 17 heavy (non-hydrogen) atoms. The molecular formula is C14H18O3. The third kappa shape index (κ3) is 3.30. The maximum Gasteiger partial charge on any atom is 0.308 e. The summed E-state index contributed by atoms with van der Waals surface area (Å²) in [5.41, 5.74) is 1.20. The minimum absolute atomic E-state index is 0.00130. The maximum absolute atomic E-state index is 11.2. The fraction of sp³-hybridized carbons (Fsp3) is 0.500. The number of ether oxygens (including phenoxy) is 2. The van der Waals surface area contributed by atoms with Crippen molar-refractivity contribution in [2.75, 3.05) is 7.11 Å². The summed E-state index contributed by atoms with van der Waals surface area (Å²) in [5, 5.41) is 0. The number of esters is 1. The molecule has 1 aliphatic heterocycles. The van der Waals surface area contributed by atoms with Crippen LogP contribution >= 0.6 is 0 Å². The van der Waals surface area contributed by atoms with Gasteiger partial charge in [-0.2, -0.15) is 0 Å². The smallest absolute Gasteiger partial charge is 0.308 e. The van der Waals surface area contributed by atoms with Gasteiger partial charge in [0.2, 0.25) is 0 Å². The van der Waals surface area contributed by atoms with E-state index in [1.807, 2.05) is 18.2 Å². The zero-order valence-electron chi connectivity index (χ0n) is 10.1. The molecule has 0 aromatic heterocycles. The molecular weight excluding hydrogens is 216 g/mol. The predicted molar refractivity (Wildman–Crippen MR) is 64.5 cm³/mol. The van der Waals surface area contributed by atoms with Gasteiger partial charge in [-0.15, -0.1) is 0 Å². The van der Waals surface area contributed by atoms with Crippen molar-refractivity contribution >= 4 is 5.97 Å². The van der Waals surface area contributed by atoms with Gasteiger partial charge in [0, 0.05) is 0 Å². The first-order valence-corrected chi connectivity index (χ1v) is 6.07. The molecule has 0 bridgehead atoms. The van der Waals surface area contributed by atoms with Gasteiger partial charge in [-0.3, -0.25) is 4.79 Å². The van der Waals surface area contributed by atoms with Gasteiger partial charge < -0.3 is 9.47 Å². The van der Waals surface area contributed by atoms with E-state index < -0.39 is 0 Å². The van der Waals surface area contributed by atoms with Crippen molar-refractivity contribution in [3.05, 3.63) is 35.9 Å². The molecule has 0 saturated carbocycles. The molecule has 1 saturated heterocycles. The number of carbonyl (C=O) groups is 1. The van der Waals surface area contributed by atoms with E-state index in [2.05, 4.69) is 16.9 Å². The van der Waals surface area contributed by atoms with Crippen LogP contribution in [0.3, 0.4) is 0 Å². The summed E-state index contributed by atoms with van der Waals surface area (Å²) < 4.78 is 10.6. The van der Waals surface area contributed by atoms with Gasteiger partial charge >= 0.3 is 5.97 Å². The van der Waals surface area contributed by atoms with E-state index in [1.54, 1.807) is 0 Å². The van der Waals surface area contributed by atoms with Crippen molar-refractivity contribution in [1.82, 2.24) is 0 Å². The second-order valence-electron chi connectivity index (χ2n) is 4.37. The molecule has 0 N–H and O–H groups in total. The van der Waals surface area contributed by atoms with Crippen LogP contribution in [0.25, 0.3) is 0 Å². The first kappa shape index (κ1) is 12.1. The first-order chi connectivity index (χ1) is 8.29. The van der Waals surface area contributed by atoms with Gasteiger partial charge in [0.15, 0.2) is 0 Å². The molecule has 0 radical (unpaired) electrons. The van der Waals surface area contributed by atoms with Crippen LogP contribution in [-0.4, -0.2) is 19.2 Å². The van der Waals surface area contributed by atoms with E-state index in [1.165, 1.54) is 12.7 Å². The summed E-state index contributed by atoms with van der Waals surface area (Å²) in [7, 11) is 1.42. The summed E-state index contributed by atoms with van der Waals surface area (Å²) in [6.45, 7) is 0. The molecule has 3 nitrogen and oxygen atoms in total. The molecule has 2 rings (SSSR count). The molecule has 3 heteroatoms. The van der Waals surface area contributed by atoms with Crippen molar-refractivity contribution in [1.29, 1.82) is 0 Å². The van der Waals surface area contributed by atoms with Gasteiger partial charge in [0.05, 0.1) is 25.7 Å². The van der Waals surface area contributed by atoms with E-state index >= 15 is 0 Å². The largest absolute Gasteiger partial charge is 0.469 e. The molecule has 1 aromatic rings. The fourth-order valence-electron chi connectivity index (χ4n) is 2.23. The summed E-state index contributed by atoms with van der Waals surface area (Å²) in [4.78, 5) is 11.2. The second-order valence-corrected chi connectivity index (χ2v) is 4.37. The van der Waals surface area contributed by atoms with E-state index in [-0.39, 0.29) is 18.2 Å². The Balaban J connectivity index is 1.95. The van der Waals surface area contributed by atoms with Crippen molar-refractivity contribution in [3.8, 4) is 0 Å². The van der Waals surface area contributed by atoms with Gasteiger partial charge in [-0.1, -0.05) is 30.3 Å². The van der Waals surface area contributed by atoms with Gasteiger partial charge in [-0.25, -0.2) is 0 Å². The molecule has 1 unspecified atom stereocenters. The zero-order chi connectivity index (χ0) is 12.1. The van der Waals surface area contributed by atoms with E-state index in [0.29, 0.717) is 6.42 Å². The maximum atomic E-state index is 11.2. The molecule has 1 heterocycles. The first-order valence-electron chi connectivity index (χ1n) is 6.07. The van der Waals surface area contributed by atoms with Crippen LogP contribution < -0.4 is 0 Å². The Hall–Kier alpha value is -1.35. The molecule has 2 atom stereocenters. The molecule has 0 aliphatic carbocycles. The van der Waals surface area contributed by atoms with Crippen molar-refractivity contribution < 1.29 is 14.3 Å². The normalized spacial score (nSPS) is 24.3. The Bertz CT molecular complexity index is 361. The van der Waals surface area contributed by atoms with Crippen molar-refractivity contribution in [2.24, 2.45) is 0 Å². The van der Waals surface area contributed by atoms with Gasteiger partial charge in [0.1, 0.15) is 0 Å². The standard InChI is InChI=1S/C14H18O3/c1-16-14(15)10-12-8-5-9-13(17-12)11-6-3-2-4-7-11/h2-4,6-7,12-13H,5,8-10H2,1H3/t12-,13?/m1/s1. The third-order valence-corrected chi connectivity index (χ3v) is 3.14. The van der Waals surface area contributed by atoms with Crippen molar-refractivity contribution in [3.63, 3.8) is 0 Å². The number of hydrogen-bond acceptors (Lipinski definition) is 3. The van der Waals surface area contributed by atoms with Crippen LogP contribution in [0.1, 0.15) is 37.4 Å². The Morgan fingerprint density at radius 1 is 1.35 bits per heavy atom. The van der Waals surface area contributed by atoms with Crippen LogP contribution in [0.4, 0.5) is 0 Å². The summed E-state index contributed by atoms with van der Waals surface area (Å²) in [6.07, 6.45) is 3.56. The Kier molecular flexibility index (Phi) is 4.15. The lowest BCUT2D eigenvalue weighted by molar-refractivity contribution is -0.147. The minimum atomic E-state index is -0.191. The molecule has 1 aliphatic rings. The monoisotopic (exact) mass is 234 g/mol. The lowest BCUT2D eigenvalue weighted by Gasteiger charge is -2.29. The predicted octanol–water partition coefficient (Wildman–Crippen LogP) is 2.86. The average Bonchev–Trinajstić information content (AvgIpc) is 2.40. The van der Waals surface area contributed by atoms with Crippen molar-refractivity contribution in [2.45, 2.75) is 37.9 Å². The van der Waals surface area contributed by atoms with Crippen LogP contribution in [0.15, 0.2) is 30.3 Å². The van der Waals surface area contributed by atoms with Gasteiger partial charge in [0.25, 0.3) is 0 Å². The Labute approximate surface area is 102 Å². The molecule has 1 aromatic carbocycles. The van der Waals surface area contributed by atoms with E-state index in [9.17, 15) is 4.79 Å². The highest BCUT2D eigenvalue weighted by molar-refractivity contribution is 5.69. The quantitative estimate of drug-likeness (QED) is 0.754. The van der Waals surface area contributed by atoms with Gasteiger partial charge in [-0.05, 0) is 24.8 Å². The lowest BCUT2D eigenvalue weighted by Crippen LogP contribution is -2.25. The Morgan fingerprint density at radius 2 is 2.12 bits per heavy atom.